The van der Waals surface area contributed by atoms with Gasteiger partial charge < -0.3 is 10.6 Å². The molecule has 1 heterocycles. The second-order valence-electron chi connectivity index (χ2n) is 6.28. The summed E-state index contributed by atoms with van der Waals surface area (Å²) in [5.74, 6) is -1.09. The number of hydrogen-bond donors (Lipinski definition) is 3. The van der Waals surface area contributed by atoms with Crippen molar-refractivity contribution in [2.24, 2.45) is 5.92 Å². The van der Waals surface area contributed by atoms with Crippen LogP contribution in [0.1, 0.15) is 23.2 Å². The van der Waals surface area contributed by atoms with Crippen LogP contribution in [0.4, 0.5) is 29.1 Å². The first kappa shape index (κ1) is 19.5. The molecule has 0 aliphatic heterocycles. The second kappa shape index (κ2) is 7.79. The molecule has 28 heavy (non-hydrogen) atoms. The summed E-state index contributed by atoms with van der Waals surface area (Å²) >= 11 is 0. The van der Waals surface area contributed by atoms with E-state index in [0.29, 0.717) is 5.69 Å². The Morgan fingerprint density at radius 1 is 1.14 bits per heavy atom. The number of pyridine rings is 1. The van der Waals surface area contributed by atoms with Gasteiger partial charge in [-0.3, -0.25) is 10.2 Å². The smallest absolute Gasteiger partial charge is 0.343 e. The molecular weight excluding hydrogens is 376 g/mol. The molecule has 0 bridgehead atoms. The summed E-state index contributed by atoms with van der Waals surface area (Å²) < 4.78 is 51.4. The van der Waals surface area contributed by atoms with Gasteiger partial charge >= 0.3 is 6.18 Å². The van der Waals surface area contributed by atoms with Crippen LogP contribution in [0.2, 0.25) is 0 Å². The van der Waals surface area contributed by atoms with Crippen molar-refractivity contribution < 1.29 is 22.4 Å². The van der Waals surface area contributed by atoms with Gasteiger partial charge in [-0.05, 0) is 49.1 Å². The molecule has 1 aromatic heterocycles. The fourth-order valence-electron chi connectivity index (χ4n) is 2.42. The molecule has 9 heteroatoms. The van der Waals surface area contributed by atoms with E-state index in [1.165, 1.54) is 42.6 Å². The Morgan fingerprint density at radius 3 is 2.43 bits per heavy atom. The molecule has 3 N–H and O–H groups in total. The van der Waals surface area contributed by atoms with Crippen molar-refractivity contribution in [3.63, 3.8) is 0 Å². The van der Waals surface area contributed by atoms with E-state index in [2.05, 4.69) is 15.6 Å². The summed E-state index contributed by atoms with van der Waals surface area (Å²) in [7, 11) is 0. The summed E-state index contributed by atoms with van der Waals surface area (Å²) in [5, 5.41) is 12.4. The minimum Gasteiger partial charge on any atom is -0.343 e. The van der Waals surface area contributed by atoms with Crippen LogP contribution in [0.25, 0.3) is 0 Å². The van der Waals surface area contributed by atoms with Crippen LogP contribution >= 0.6 is 0 Å². The Morgan fingerprint density at radius 2 is 1.86 bits per heavy atom. The molecule has 3 rings (SSSR count). The van der Waals surface area contributed by atoms with Crippen molar-refractivity contribution in [1.82, 2.24) is 4.98 Å². The molecule has 0 unspecified atom stereocenters. The number of aromatic nitrogens is 1. The molecule has 1 aliphatic rings. The molecular formula is C19H16F4N4O. The number of nitrogens with one attached hydrogen (secondary N) is 3. The topological polar surface area (TPSA) is 77.9 Å². The number of rotatable bonds is 6. The zero-order valence-electron chi connectivity index (χ0n) is 14.5. The Balaban J connectivity index is 1.68. The maximum Gasteiger partial charge on any atom is 0.432 e. The minimum absolute atomic E-state index is 0.0649. The number of carbonyl (C=O) groups excluding carboxylic acids is 1. The van der Waals surface area contributed by atoms with Crippen LogP contribution in [0, 0.1) is 17.1 Å². The van der Waals surface area contributed by atoms with Gasteiger partial charge in [0, 0.05) is 5.70 Å². The van der Waals surface area contributed by atoms with Gasteiger partial charge in [-0.1, -0.05) is 12.1 Å². The average Bonchev–Trinajstić information content (AvgIpc) is 3.47. The number of allylic oxidation sites excluding steroid dienone is 2. The van der Waals surface area contributed by atoms with E-state index in [0.717, 1.165) is 18.9 Å². The van der Waals surface area contributed by atoms with Crippen LogP contribution in [-0.2, 0) is 0 Å². The Hall–Kier alpha value is -3.23. The van der Waals surface area contributed by atoms with Crippen LogP contribution in [0.5, 0.6) is 0 Å². The highest BCUT2D eigenvalue weighted by molar-refractivity contribution is 6.04. The van der Waals surface area contributed by atoms with Crippen molar-refractivity contribution >= 4 is 23.1 Å². The molecule has 0 atom stereocenters. The highest BCUT2D eigenvalue weighted by Crippen LogP contribution is 2.37. The van der Waals surface area contributed by atoms with Crippen molar-refractivity contribution in [3.8, 4) is 0 Å². The third kappa shape index (κ3) is 4.93. The maximum atomic E-state index is 13.6. The molecule has 1 saturated carbocycles. The molecule has 1 fully saturated rings. The fourth-order valence-corrected chi connectivity index (χ4v) is 2.42. The lowest BCUT2D eigenvalue weighted by Gasteiger charge is -2.12. The first-order valence-electron chi connectivity index (χ1n) is 8.40. The molecule has 5 nitrogen and oxygen atoms in total. The number of alkyl halides is 3. The molecule has 2 aromatic rings. The van der Waals surface area contributed by atoms with E-state index >= 15 is 0 Å². The van der Waals surface area contributed by atoms with Crippen molar-refractivity contribution in [2.45, 2.75) is 19.0 Å². The van der Waals surface area contributed by atoms with E-state index in [4.69, 9.17) is 5.41 Å². The number of carbonyl (C=O) groups is 1. The summed E-state index contributed by atoms with van der Waals surface area (Å²) in [5.41, 5.74) is -0.971. The van der Waals surface area contributed by atoms with Gasteiger partial charge in [0.1, 0.15) is 17.3 Å². The summed E-state index contributed by atoms with van der Waals surface area (Å²) in [6, 6.07) is 8.49. The van der Waals surface area contributed by atoms with Gasteiger partial charge in [-0.15, -0.1) is 0 Å². The fraction of sp³-hybridized carbons (Fsp3) is 0.211. The quantitative estimate of drug-likeness (QED) is 0.490. The molecule has 0 radical (unpaired) electrons. The highest BCUT2D eigenvalue weighted by atomic mass is 19.4. The Bertz CT molecular complexity index is 918. The van der Waals surface area contributed by atoms with Gasteiger partial charge in [-0.25, -0.2) is 9.37 Å². The molecule has 1 aromatic carbocycles. The Labute approximate surface area is 158 Å². The second-order valence-corrected chi connectivity index (χ2v) is 6.28. The molecule has 0 spiro atoms. The van der Waals surface area contributed by atoms with E-state index < -0.39 is 23.6 Å². The predicted octanol–water partition coefficient (Wildman–Crippen LogP) is 4.76. The molecule has 146 valence electrons. The van der Waals surface area contributed by atoms with Crippen molar-refractivity contribution in [1.29, 1.82) is 5.41 Å². The monoisotopic (exact) mass is 392 g/mol. The zero-order valence-corrected chi connectivity index (χ0v) is 14.5. The number of hydrogen-bond acceptors (Lipinski definition) is 4. The van der Waals surface area contributed by atoms with Crippen molar-refractivity contribution in [3.05, 3.63) is 65.7 Å². The largest absolute Gasteiger partial charge is 0.432 e. The van der Waals surface area contributed by atoms with Crippen LogP contribution in [-0.4, -0.2) is 22.8 Å². The number of amides is 1. The van der Waals surface area contributed by atoms with Gasteiger partial charge in [-0.2, -0.15) is 13.2 Å². The molecule has 1 aliphatic carbocycles. The summed E-state index contributed by atoms with van der Waals surface area (Å²) in [6.45, 7) is 0. The summed E-state index contributed by atoms with van der Waals surface area (Å²) in [6.07, 6.45) is -1.16. The van der Waals surface area contributed by atoms with Gasteiger partial charge in [0.15, 0.2) is 0 Å². The number of benzene rings is 1. The van der Waals surface area contributed by atoms with Crippen molar-refractivity contribution in [2.75, 3.05) is 10.6 Å². The normalized spacial score (nSPS) is 14.5. The number of nitrogens with zero attached hydrogens (tertiary/aromatic N) is 1. The van der Waals surface area contributed by atoms with Crippen LogP contribution < -0.4 is 10.6 Å². The predicted molar refractivity (Wildman–Crippen MR) is 96.8 cm³/mol. The molecule has 0 saturated heterocycles. The third-order valence-electron chi connectivity index (χ3n) is 4.03. The SMILES string of the molecule is N=C(/C=C(\Nc1ccc(NC(=O)c2ccccc2F)cn1)C1CC1)C(F)(F)F. The number of halogens is 4. The van der Waals surface area contributed by atoms with Gasteiger partial charge in [0.05, 0.1) is 17.4 Å². The zero-order chi connectivity index (χ0) is 20.3. The summed E-state index contributed by atoms with van der Waals surface area (Å²) in [4.78, 5) is 16.1. The van der Waals surface area contributed by atoms with Gasteiger partial charge in [0.2, 0.25) is 0 Å². The van der Waals surface area contributed by atoms with E-state index in [1.54, 1.807) is 0 Å². The lowest BCUT2D eigenvalue weighted by Crippen LogP contribution is -2.21. The highest BCUT2D eigenvalue weighted by Gasteiger charge is 2.35. The van der Waals surface area contributed by atoms with Crippen LogP contribution in [0.15, 0.2) is 54.4 Å². The van der Waals surface area contributed by atoms with Gasteiger partial charge in [0.25, 0.3) is 5.91 Å². The third-order valence-corrected chi connectivity index (χ3v) is 4.03. The maximum absolute atomic E-state index is 13.6. The minimum atomic E-state index is -4.71. The van der Waals surface area contributed by atoms with E-state index in [-0.39, 0.29) is 23.0 Å². The van der Waals surface area contributed by atoms with E-state index in [1.807, 2.05) is 0 Å². The average molecular weight is 392 g/mol. The van der Waals surface area contributed by atoms with Crippen LogP contribution in [0.3, 0.4) is 0 Å². The number of anilines is 2. The first-order valence-corrected chi connectivity index (χ1v) is 8.40. The lowest BCUT2D eigenvalue weighted by atomic mass is 10.2. The molecule has 1 amide bonds. The lowest BCUT2D eigenvalue weighted by molar-refractivity contribution is -0.0584. The van der Waals surface area contributed by atoms with E-state index in [9.17, 15) is 22.4 Å². The Kier molecular flexibility index (Phi) is 5.43. The first-order chi connectivity index (χ1) is 13.2. The standard InChI is InChI=1S/C19H16F4N4O/c20-14-4-2-1-3-13(14)18(28)26-12-7-8-17(25-10-12)27-15(11-5-6-11)9-16(24)19(21,22)23/h1-4,7-11,24H,5-6H2,(H,25,27)(H,26,28)/b15-9-,24-16?.